The maximum Gasteiger partial charge on any atom is 0.293 e. The number of amides is 1. The lowest BCUT2D eigenvalue weighted by molar-refractivity contribution is -0.114. The van der Waals surface area contributed by atoms with E-state index in [9.17, 15) is 4.79 Å². The van der Waals surface area contributed by atoms with Crippen molar-refractivity contribution in [2.75, 3.05) is 0 Å². The SMILES string of the molecule is CC1=C(Cc2ccc(OC(C)C)cc2)C(=O)N=N1. The van der Waals surface area contributed by atoms with Crippen LogP contribution in [0.4, 0.5) is 0 Å². The second-order valence-corrected chi connectivity index (χ2v) is 4.56. The lowest BCUT2D eigenvalue weighted by Gasteiger charge is -2.10. The highest BCUT2D eigenvalue weighted by Gasteiger charge is 2.18. The number of nitrogens with zero attached hydrogens (tertiary/aromatic N) is 2. The highest BCUT2D eigenvalue weighted by Crippen LogP contribution is 2.22. The summed E-state index contributed by atoms with van der Waals surface area (Å²) in [7, 11) is 0. The number of azo groups is 1. The van der Waals surface area contributed by atoms with Crippen molar-refractivity contribution in [1.82, 2.24) is 0 Å². The highest BCUT2D eigenvalue weighted by molar-refractivity contribution is 5.96. The van der Waals surface area contributed by atoms with Gasteiger partial charge in [0.1, 0.15) is 5.75 Å². The molecule has 18 heavy (non-hydrogen) atoms. The van der Waals surface area contributed by atoms with E-state index >= 15 is 0 Å². The fraction of sp³-hybridized carbons (Fsp3) is 0.357. The summed E-state index contributed by atoms with van der Waals surface area (Å²) in [6.07, 6.45) is 0.731. The number of ether oxygens (including phenoxy) is 1. The van der Waals surface area contributed by atoms with E-state index in [1.807, 2.05) is 38.1 Å². The lowest BCUT2D eigenvalue weighted by atomic mass is 10.0. The second-order valence-electron chi connectivity index (χ2n) is 4.56. The summed E-state index contributed by atoms with van der Waals surface area (Å²) >= 11 is 0. The molecule has 2 rings (SSSR count). The van der Waals surface area contributed by atoms with Gasteiger partial charge in [0.25, 0.3) is 5.91 Å². The molecule has 0 bridgehead atoms. The molecule has 4 heteroatoms. The number of hydrogen-bond acceptors (Lipinski definition) is 3. The van der Waals surface area contributed by atoms with Gasteiger partial charge in [-0.1, -0.05) is 12.1 Å². The van der Waals surface area contributed by atoms with Gasteiger partial charge < -0.3 is 4.74 Å². The van der Waals surface area contributed by atoms with E-state index in [2.05, 4.69) is 10.2 Å². The van der Waals surface area contributed by atoms with Crippen LogP contribution in [0.1, 0.15) is 26.3 Å². The number of carbonyl (C=O) groups is 1. The fourth-order valence-corrected chi connectivity index (χ4v) is 1.76. The van der Waals surface area contributed by atoms with E-state index in [0.717, 1.165) is 11.3 Å². The standard InChI is InChI=1S/C14H16N2O2/c1-9(2)18-12-6-4-11(5-7-12)8-13-10(3)15-16-14(13)17/h4-7,9H,8H2,1-3H3. The largest absolute Gasteiger partial charge is 0.491 e. The number of allylic oxidation sites excluding steroid dienone is 1. The summed E-state index contributed by atoms with van der Waals surface area (Å²) in [5.74, 6) is 0.613. The second kappa shape index (κ2) is 5.12. The van der Waals surface area contributed by atoms with Gasteiger partial charge >= 0.3 is 0 Å². The molecule has 0 saturated heterocycles. The summed E-state index contributed by atoms with van der Waals surface area (Å²) in [6, 6.07) is 7.76. The van der Waals surface area contributed by atoms with Crippen LogP contribution in [-0.4, -0.2) is 12.0 Å². The molecule has 0 saturated carbocycles. The average molecular weight is 244 g/mol. The van der Waals surface area contributed by atoms with Crippen molar-refractivity contribution in [2.24, 2.45) is 10.2 Å². The van der Waals surface area contributed by atoms with Crippen LogP contribution in [0.3, 0.4) is 0 Å². The summed E-state index contributed by atoms with van der Waals surface area (Å²) in [6.45, 7) is 5.78. The minimum atomic E-state index is -0.227. The monoisotopic (exact) mass is 244 g/mol. The van der Waals surface area contributed by atoms with Crippen molar-refractivity contribution in [1.29, 1.82) is 0 Å². The number of hydrogen-bond donors (Lipinski definition) is 0. The van der Waals surface area contributed by atoms with Crippen molar-refractivity contribution in [2.45, 2.75) is 33.3 Å². The van der Waals surface area contributed by atoms with E-state index in [-0.39, 0.29) is 12.0 Å². The Morgan fingerprint density at radius 2 is 1.83 bits per heavy atom. The molecular formula is C14H16N2O2. The molecule has 0 atom stereocenters. The summed E-state index contributed by atoms with van der Waals surface area (Å²) in [4.78, 5) is 11.5. The zero-order chi connectivity index (χ0) is 13.1. The van der Waals surface area contributed by atoms with Crippen LogP contribution < -0.4 is 4.74 Å². The predicted octanol–water partition coefficient (Wildman–Crippen LogP) is 3.28. The molecule has 0 radical (unpaired) electrons. The van der Waals surface area contributed by atoms with Gasteiger partial charge in [-0.3, -0.25) is 4.79 Å². The molecular weight excluding hydrogens is 228 g/mol. The quantitative estimate of drug-likeness (QED) is 0.816. The smallest absolute Gasteiger partial charge is 0.293 e. The molecule has 4 nitrogen and oxygen atoms in total. The average Bonchev–Trinajstić information content (AvgIpc) is 2.63. The topological polar surface area (TPSA) is 51.0 Å². The fourth-order valence-electron chi connectivity index (χ4n) is 1.76. The van der Waals surface area contributed by atoms with Gasteiger partial charge in [-0.15, -0.1) is 5.11 Å². The van der Waals surface area contributed by atoms with E-state index in [4.69, 9.17) is 4.74 Å². The summed E-state index contributed by atoms with van der Waals surface area (Å²) < 4.78 is 5.57. The molecule has 1 heterocycles. The first-order valence-electron chi connectivity index (χ1n) is 5.97. The zero-order valence-electron chi connectivity index (χ0n) is 10.8. The molecule has 1 aliphatic rings. The first-order chi connectivity index (χ1) is 8.56. The molecule has 0 unspecified atom stereocenters. The number of benzene rings is 1. The zero-order valence-corrected chi connectivity index (χ0v) is 10.8. The van der Waals surface area contributed by atoms with Crippen LogP contribution in [0.15, 0.2) is 45.8 Å². The van der Waals surface area contributed by atoms with E-state index in [1.165, 1.54) is 0 Å². The van der Waals surface area contributed by atoms with Gasteiger partial charge in [-0.05, 0) is 38.5 Å². The normalized spacial score (nSPS) is 14.8. The molecule has 1 amide bonds. The minimum absolute atomic E-state index is 0.162. The Balaban J connectivity index is 2.07. The third kappa shape index (κ3) is 2.83. The van der Waals surface area contributed by atoms with Gasteiger partial charge in [0.2, 0.25) is 0 Å². The van der Waals surface area contributed by atoms with Crippen LogP contribution in [-0.2, 0) is 11.2 Å². The Labute approximate surface area is 106 Å². The highest BCUT2D eigenvalue weighted by atomic mass is 16.5. The maximum atomic E-state index is 11.5. The maximum absolute atomic E-state index is 11.5. The lowest BCUT2D eigenvalue weighted by Crippen LogP contribution is -2.05. The Morgan fingerprint density at radius 3 is 2.33 bits per heavy atom. The van der Waals surface area contributed by atoms with Crippen molar-refractivity contribution in [3.8, 4) is 5.75 Å². The van der Waals surface area contributed by atoms with Gasteiger partial charge in [0.15, 0.2) is 0 Å². The molecule has 94 valence electrons. The van der Waals surface area contributed by atoms with Gasteiger partial charge in [-0.2, -0.15) is 5.11 Å². The summed E-state index contributed by atoms with van der Waals surface area (Å²) in [5.41, 5.74) is 2.44. The van der Waals surface area contributed by atoms with Crippen LogP contribution in [0, 0.1) is 0 Å². The third-order valence-electron chi connectivity index (χ3n) is 2.66. The Kier molecular flexibility index (Phi) is 3.55. The molecule has 0 aromatic heterocycles. The van der Waals surface area contributed by atoms with Crippen molar-refractivity contribution in [3.63, 3.8) is 0 Å². The van der Waals surface area contributed by atoms with E-state index < -0.39 is 0 Å². The van der Waals surface area contributed by atoms with E-state index in [0.29, 0.717) is 17.7 Å². The van der Waals surface area contributed by atoms with Gasteiger partial charge in [-0.25, -0.2) is 0 Å². The minimum Gasteiger partial charge on any atom is -0.491 e. The first kappa shape index (κ1) is 12.5. The van der Waals surface area contributed by atoms with Crippen LogP contribution in [0.2, 0.25) is 0 Å². The molecule has 0 spiro atoms. The Hall–Kier alpha value is -1.97. The van der Waals surface area contributed by atoms with Crippen LogP contribution in [0.5, 0.6) is 5.75 Å². The van der Waals surface area contributed by atoms with Crippen molar-refractivity contribution in [3.05, 3.63) is 41.1 Å². The number of rotatable bonds is 4. The molecule has 0 aliphatic carbocycles. The van der Waals surface area contributed by atoms with Gasteiger partial charge in [0.05, 0.1) is 11.8 Å². The first-order valence-corrected chi connectivity index (χ1v) is 5.97. The van der Waals surface area contributed by atoms with Crippen LogP contribution >= 0.6 is 0 Å². The number of carbonyl (C=O) groups excluding carboxylic acids is 1. The molecule has 0 fully saturated rings. The van der Waals surface area contributed by atoms with Gasteiger partial charge in [0, 0.05) is 12.0 Å². The Morgan fingerprint density at radius 1 is 1.17 bits per heavy atom. The van der Waals surface area contributed by atoms with E-state index in [1.54, 1.807) is 6.92 Å². The Bertz CT molecular complexity index is 513. The molecule has 1 aliphatic heterocycles. The predicted molar refractivity (Wildman–Crippen MR) is 68.5 cm³/mol. The third-order valence-corrected chi connectivity index (χ3v) is 2.66. The molecule has 1 aromatic carbocycles. The molecule has 1 aromatic rings. The molecule has 0 N–H and O–H groups in total. The van der Waals surface area contributed by atoms with Crippen molar-refractivity contribution < 1.29 is 9.53 Å². The summed E-state index contributed by atoms with van der Waals surface area (Å²) in [5, 5.41) is 7.32. The van der Waals surface area contributed by atoms with Crippen molar-refractivity contribution >= 4 is 5.91 Å². The van der Waals surface area contributed by atoms with Crippen LogP contribution in [0.25, 0.3) is 0 Å².